The summed E-state index contributed by atoms with van der Waals surface area (Å²) < 4.78 is 0. The fourth-order valence-electron chi connectivity index (χ4n) is 0.849. The number of ketones is 1. The van der Waals surface area contributed by atoms with Crippen LogP contribution in [0.15, 0.2) is 0 Å². The SMILES string of the molecule is C#CCCCC(=O)CC(C)N. The van der Waals surface area contributed by atoms with Crippen molar-refractivity contribution in [2.75, 3.05) is 0 Å². The van der Waals surface area contributed by atoms with Crippen LogP contribution in [-0.2, 0) is 4.79 Å². The fourth-order valence-corrected chi connectivity index (χ4v) is 0.849. The molecule has 2 nitrogen and oxygen atoms in total. The average molecular weight is 153 g/mol. The first kappa shape index (κ1) is 10.2. The monoisotopic (exact) mass is 153 g/mol. The van der Waals surface area contributed by atoms with Crippen molar-refractivity contribution in [2.45, 2.75) is 38.6 Å². The van der Waals surface area contributed by atoms with Crippen molar-refractivity contribution in [3.05, 3.63) is 0 Å². The highest BCUT2D eigenvalue weighted by atomic mass is 16.1. The summed E-state index contributed by atoms with van der Waals surface area (Å²) in [4.78, 5) is 11.0. The van der Waals surface area contributed by atoms with Crippen molar-refractivity contribution in [2.24, 2.45) is 5.73 Å². The molecule has 0 aliphatic carbocycles. The lowest BCUT2D eigenvalue weighted by atomic mass is 10.1. The summed E-state index contributed by atoms with van der Waals surface area (Å²) in [5.41, 5.74) is 5.44. The number of carbonyl (C=O) groups is 1. The second kappa shape index (κ2) is 5.94. The molecule has 0 radical (unpaired) electrons. The van der Waals surface area contributed by atoms with Gasteiger partial charge < -0.3 is 5.73 Å². The van der Waals surface area contributed by atoms with Gasteiger partial charge in [-0.3, -0.25) is 4.79 Å². The van der Waals surface area contributed by atoms with E-state index < -0.39 is 0 Å². The lowest BCUT2D eigenvalue weighted by molar-refractivity contribution is -0.119. The van der Waals surface area contributed by atoms with E-state index in [-0.39, 0.29) is 11.8 Å². The highest BCUT2D eigenvalue weighted by Crippen LogP contribution is 1.99. The molecule has 2 heteroatoms. The molecule has 0 aromatic carbocycles. The molecular weight excluding hydrogens is 138 g/mol. The van der Waals surface area contributed by atoms with E-state index in [9.17, 15) is 4.79 Å². The van der Waals surface area contributed by atoms with E-state index in [4.69, 9.17) is 12.2 Å². The van der Waals surface area contributed by atoms with Crippen LogP contribution in [0.5, 0.6) is 0 Å². The van der Waals surface area contributed by atoms with Crippen molar-refractivity contribution in [3.63, 3.8) is 0 Å². The molecule has 0 saturated carbocycles. The third kappa shape index (κ3) is 7.08. The Morgan fingerprint density at radius 2 is 2.36 bits per heavy atom. The van der Waals surface area contributed by atoms with E-state index in [1.54, 1.807) is 0 Å². The van der Waals surface area contributed by atoms with E-state index >= 15 is 0 Å². The topological polar surface area (TPSA) is 43.1 Å². The maximum atomic E-state index is 11.0. The van der Waals surface area contributed by atoms with Gasteiger partial charge in [-0.05, 0) is 13.3 Å². The number of Topliss-reactive ketones (excluding diaryl/α,β-unsaturated/α-hetero) is 1. The number of nitrogens with two attached hydrogens (primary N) is 1. The number of carbonyl (C=O) groups excluding carboxylic acids is 1. The first-order valence-corrected chi connectivity index (χ1v) is 3.87. The zero-order valence-electron chi connectivity index (χ0n) is 6.97. The van der Waals surface area contributed by atoms with Crippen molar-refractivity contribution in [3.8, 4) is 12.3 Å². The summed E-state index contributed by atoms with van der Waals surface area (Å²) in [6, 6.07) is -0.0201. The first-order chi connectivity index (χ1) is 5.16. The molecule has 0 bridgehead atoms. The standard InChI is InChI=1S/C9H15NO/c1-3-4-5-6-9(11)7-8(2)10/h1,8H,4-7,10H2,2H3. The highest BCUT2D eigenvalue weighted by Gasteiger charge is 2.03. The molecule has 62 valence electrons. The van der Waals surface area contributed by atoms with E-state index in [0.29, 0.717) is 19.3 Å². The number of terminal acetylenes is 1. The van der Waals surface area contributed by atoms with Gasteiger partial charge in [-0.2, -0.15) is 0 Å². The Labute approximate surface area is 68.2 Å². The van der Waals surface area contributed by atoms with Gasteiger partial charge in [0, 0.05) is 25.3 Å². The van der Waals surface area contributed by atoms with E-state index in [2.05, 4.69) is 5.92 Å². The second-order valence-electron chi connectivity index (χ2n) is 2.78. The number of unbranched alkanes of at least 4 members (excludes halogenated alkanes) is 1. The van der Waals surface area contributed by atoms with Crippen LogP contribution in [-0.4, -0.2) is 11.8 Å². The summed E-state index contributed by atoms with van der Waals surface area (Å²) in [5, 5.41) is 0. The first-order valence-electron chi connectivity index (χ1n) is 3.87. The smallest absolute Gasteiger partial charge is 0.134 e. The molecule has 0 fully saturated rings. The van der Waals surface area contributed by atoms with Crippen LogP contribution in [0, 0.1) is 12.3 Å². The van der Waals surface area contributed by atoms with Gasteiger partial charge in [-0.25, -0.2) is 0 Å². The Kier molecular flexibility index (Phi) is 5.50. The van der Waals surface area contributed by atoms with Gasteiger partial charge in [0.15, 0.2) is 0 Å². The molecule has 1 unspecified atom stereocenters. The molecule has 0 spiro atoms. The van der Waals surface area contributed by atoms with Crippen LogP contribution < -0.4 is 5.73 Å². The number of hydrogen-bond donors (Lipinski definition) is 1. The largest absolute Gasteiger partial charge is 0.328 e. The summed E-state index contributed by atoms with van der Waals surface area (Å²) in [7, 11) is 0. The zero-order chi connectivity index (χ0) is 8.69. The van der Waals surface area contributed by atoms with E-state index in [1.165, 1.54) is 0 Å². The van der Waals surface area contributed by atoms with Gasteiger partial charge in [-0.15, -0.1) is 12.3 Å². The molecule has 0 amide bonds. The molecule has 0 aromatic rings. The highest BCUT2D eigenvalue weighted by molar-refractivity contribution is 5.78. The van der Waals surface area contributed by atoms with Gasteiger partial charge in [-0.1, -0.05) is 0 Å². The predicted molar refractivity (Wildman–Crippen MR) is 46.0 cm³/mol. The Bertz CT molecular complexity index is 155. The Morgan fingerprint density at radius 3 is 2.82 bits per heavy atom. The average Bonchev–Trinajstić information content (AvgIpc) is 1.86. The molecule has 0 heterocycles. The zero-order valence-corrected chi connectivity index (χ0v) is 6.97. The maximum Gasteiger partial charge on any atom is 0.134 e. The third-order valence-electron chi connectivity index (χ3n) is 1.33. The number of rotatable bonds is 5. The van der Waals surface area contributed by atoms with Gasteiger partial charge >= 0.3 is 0 Å². The maximum absolute atomic E-state index is 11.0. The number of hydrogen-bond acceptors (Lipinski definition) is 2. The van der Waals surface area contributed by atoms with Crippen molar-refractivity contribution < 1.29 is 4.79 Å². The predicted octanol–water partition coefficient (Wildman–Crippen LogP) is 1.10. The Morgan fingerprint density at radius 1 is 1.73 bits per heavy atom. The van der Waals surface area contributed by atoms with Crippen molar-refractivity contribution >= 4 is 5.78 Å². The van der Waals surface area contributed by atoms with Crippen LogP contribution in [0.2, 0.25) is 0 Å². The van der Waals surface area contributed by atoms with Crippen LogP contribution >= 0.6 is 0 Å². The molecule has 2 N–H and O–H groups in total. The molecule has 0 aliphatic rings. The van der Waals surface area contributed by atoms with Gasteiger partial charge in [0.05, 0.1) is 0 Å². The minimum atomic E-state index is -0.0201. The lowest BCUT2D eigenvalue weighted by Crippen LogP contribution is -2.19. The third-order valence-corrected chi connectivity index (χ3v) is 1.33. The Balaban J connectivity index is 3.32. The van der Waals surface area contributed by atoms with E-state index in [1.807, 2.05) is 6.92 Å². The van der Waals surface area contributed by atoms with Gasteiger partial charge in [0.25, 0.3) is 0 Å². The minimum Gasteiger partial charge on any atom is -0.328 e. The summed E-state index contributed by atoms with van der Waals surface area (Å²) in [6.07, 6.45) is 7.56. The molecule has 0 aromatic heterocycles. The minimum absolute atomic E-state index is 0.0201. The summed E-state index contributed by atoms with van der Waals surface area (Å²) >= 11 is 0. The molecule has 0 saturated heterocycles. The van der Waals surface area contributed by atoms with Gasteiger partial charge in [0.1, 0.15) is 5.78 Å². The summed E-state index contributed by atoms with van der Waals surface area (Å²) in [5.74, 6) is 2.71. The van der Waals surface area contributed by atoms with Crippen LogP contribution in [0.25, 0.3) is 0 Å². The lowest BCUT2D eigenvalue weighted by Gasteiger charge is -2.01. The molecule has 0 rings (SSSR count). The Hall–Kier alpha value is -0.810. The van der Waals surface area contributed by atoms with Crippen LogP contribution in [0.4, 0.5) is 0 Å². The van der Waals surface area contributed by atoms with Crippen LogP contribution in [0.3, 0.4) is 0 Å². The van der Waals surface area contributed by atoms with Crippen molar-refractivity contribution in [1.82, 2.24) is 0 Å². The molecule has 1 atom stereocenters. The van der Waals surface area contributed by atoms with Crippen molar-refractivity contribution in [1.29, 1.82) is 0 Å². The molecular formula is C9H15NO. The molecule has 11 heavy (non-hydrogen) atoms. The van der Waals surface area contributed by atoms with Gasteiger partial charge in [0.2, 0.25) is 0 Å². The summed E-state index contributed by atoms with van der Waals surface area (Å²) in [6.45, 7) is 1.83. The van der Waals surface area contributed by atoms with E-state index in [0.717, 1.165) is 6.42 Å². The van der Waals surface area contributed by atoms with Crippen LogP contribution in [0.1, 0.15) is 32.6 Å². The quantitative estimate of drug-likeness (QED) is 0.474. The molecule has 0 aliphatic heterocycles. The fraction of sp³-hybridized carbons (Fsp3) is 0.667. The normalized spacial score (nSPS) is 12.1. The second-order valence-corrected chi connectivity index (χ2v) is 2.78.